The van der Waals surface area contributed by atoms with Crippen molar-refractivity contribution in [1.29, 1.82) is 0 Å². The molecular weight excluding hydrogens is 480 g/mol. The van der Waals surface area contributed by atoms with Crippen LogP contribution < -0.4 is 33.8 Å². The Morgan fingerprint density at radius 1 is 0.865 bits per heavy atom. The van der Waals surface area contributed by atoms with E-state index in [-0.39, 0.29) is 41.1 Å². The van der Waals surface area contributed by atoms with Gasteiger partial charge in [0.1, 0.15) is 34.5 Å². The van der Waals surface area contributed by atoms with Crippen LogP contribution in [0.1, 0.15) is 23.5 Å². The zero-order chi connectivity index (χ0) is 25.7. The molecule has 0 saturated heterocycles. The molecule has 6 rings (SSSR count). The zero-order valence-corrected chi connectivity index (χ0v) is 20.3. The van der Waals surface area contributed by atoms with Crippen LogP contribution in [0.5, 0.6) is 34.5 Å². The second-order valence-electron chi connectivity index (χ2n) is 8.59. The van der Waals surface area contributed by atoms with Gasteiger partial charge in [-0.3, -0.25) is 9.59 Å². The highest BCUT2D eigenvalue weighted by atomic mass is 16.7. The predicted octanol–water partition coefficient (Wildman–Crippen LogP) is 4.66. The van der Waals surface area contributed by atoms with Crippen LogP contribution in [0.25, 0.3) is 22.1 Å². The van der Waals surface area contributed by atoms with E-state index < -0.39 is 11.9 Å². The second-order valence-corrected chi connectivity index (χ2v) is 8.59. The minimum atomic E-state index is -0.497. The van der Waals surface area contributed by atoms with Crippen molar-refractivity contribution in [2.24, 2.45) is 0 Å². The summed E-state index contributed by atoms with van der Waals surface area (Å²) in [6, 6.07) is 12.3. The van der Waals surface area contributed by atoms with E-state index in [1.807, 2.05) is 0 Å². The average Bonchev–Trinajstić information content (AvgIpc) is 3.40. The Morgan fingerprint density at radius 2 is 1.65 bits per heavy atom. The first-order valence-corrected chi connectivity index (χ1v) is 11.5. The molecule has 0 saturated carbocycles. The van der Waals surface area contributed by atoms with Crippen LogP contribution in [0, 0.1) is 0 Å². The summed E-state index contributed by atoms with van der Waals surface area (Å²) in [6.07, 6.45) is 1.45. The van der Waals surface area contributed by atoms with Crippen molar-refractivity contribution in [3.8, 4) is 45.6 Å². The van der Waals surface area contributed by atoms with Crippen LogP contribution in [0.15, 0.2) is 57.9 Å². The lowest BCUT2D eigenvalue weighted by Crippen LogP contribution is -2.22. The fourth-order valence-corrected chi connectivity index (χ4v) is 4.88. The van der Waals surface area contributed by atoms with E-state index in [0.717, 1.165) is 5.56 Å². The lowest BCUT2D eigenvalue weighted by molar-refractivity contribution is -0.135. The summed E-state index contributed by atoms with van der Waals surface area (Å²) >= 11 is 0. The molecule has 0 spiro atoms. The molecule has 4 aromatic rings. The van der Waals surface area contributed by atoms with Gasteiger partial charge < -0.3 is 32.8 Å². The molecule has 1 unspecified atom stereocenters. The maximum Gasteiger partial charge on any atom is 0.312 e. The quantitative estimate of drug-likeness (QED) is 0.285. The van der Waals surface area contributed by atoms with Gasteiger partial charge in [-0.25, -0.2) is 0 Å². The number of hydrogen-bond acceptors (Lipinski definition) is 9. The Hall–Kier alpha value is -4.66. The van der Waals surface area contributed by atoms with Crippen LogP contribution >= 0.6 is 0 Å². The zero-order valence-electron chi connectivity index (χ0n) is 20.3. The average molecular weight is 502 g/mol. The first kappa shape index (κ1) is 22.8. The fraction of sp³-hybridized carbons (Fsp3) is 0.214. The molecular formula is C28H22O9. The molecule has 2 aliphatic heterocycles. The first-order chi connectivity index (χ1) is 18.0. The predicted molar refractivity (Wildman–Crippen MR) is 132 cm³/mol. The Morgan fingerprint density at radius 3 is 2.38 bits per heavy atom. The van der Waals surface area contributed by atoms with Gasteiger partial charge in [0.25, 0.3) is 0 Å². The van der Waals surface area contributed by atoms with Crippen molar-refractivity contribution >= 4 is 16.9 Å². The third-order valence-corrected chi connectivity index (χ3v) is 6.66. The number of ether oxygens (including phenoxy) is 6. The molecule has 188 valence electrons. The summed E-state index contributed by atoms with van der Waals surface area (Å²) < 4.78 is 39.1. The molecule has 0 fully saturated rings. The SMILES string of the molecule is COc1ccc(-c2coc3c4c(cc(OC)c3c2=O)OC(=O)CC4c2cc(OC)c3c(c2)OCO3)cc1. The Kier molecular flexibility index (Phi) is 5.40. The number of methoxy groups -OCH3 is 3. The van der Waals surface area contributed by atoms with E-state index in [2.05, 4.69) is 0 Å². The summed E-state index contributed by atoms with van der Waals surface area (Å²) in [5, 5.41) is 0.255. The van der Waals surface area contributed by atoms with E-state index in [4.69, 9.17) is 32.8 Å². The maximum atomic E-state index is 13.8. The highest BCUT2D eigenvalue weighted by molar-refractivity contribution is 5.94. The third-order valence-electron chi connectivity index (χ3n) is 6.66. The number of benzene rings is 3. The van der Waals surface area contributed by atoms with E-state index >= 15 is 0 Å². The van der Waals surface area contributed by atoms with Gasteiger partial charge >= 0.3 is 5.97 Å². The van der Waals surface area contributed by atoms with Gasteiger partial charge in [0, 0.05) is 17.5 Å². The molecule has 2 aliphatic rings. The molecule has 0 bridgehead atoms. The Bertz CT molecular complexity index is 1600. The number of hydrogen-bond donors (Lipinski definition) is 0. The number of carbonyl (C=O) groups excluding carboxylic acids is 1. The standard InChI is InChI=1S/C28H22O9/c1-31-16-6-4-14(5-7-16)18-12-34-28-24-17(15-8-21(33-3)27-22(9-15)35-13-36-27)10-23(29)37-20(24)11-19(32-2)25(28)26(18)30/h4-9,11-12,17H,10,13H2,1-3H3. The molecule has 3 aromatic carbocycles. The minimum Gasteiger partial charge on any atom is -0.497 e. The van der Waals surface area contributed by atoms with Gasteiger partial charge in [0.2, 0.25) is 18.0 Å². The van der Waals surface area contributed by atoms with E-state index in [9.17, 15) is 9.59 Å². The highest BCUT2D eigenvalue weighted by Crippen LogP contribution is 2.49. The smallest absolute Gasteiger partial charge is 0.312 e. The topological polar surface area (TPSA) is 103 Å². The van der Waals surface area contributed by atoms with Gasteiger partial charge in [-0.05, 0) is 35.4 Å². The molecule has 0 radical (unpaired) electrons. The van der Waals surface area contributed by atoms with Crippen LogP contribution in [0.4, 0.5) is 0 Å². The van der Waals surface area contributed by atoms with Crippen molar-refractivity contribution in [3.05, 3.63) is 70.1 Å². The molecule has 37 heavy (non-hydrogen) atoms. The monoisotopic (exact) mass is 502 g/mol. The van der Waals surface area contributed by atoms with Gasteiger partial charge in [-0.15, -0.1) is 0 Å². The second kappa shape index (κ2) is 8.77. The minimum absolute atomic E-state index is 0.0289. The molecule has 9 heteroatoms. The Balaban J connectivity index is 1.58. The molecule has 0 amide bonds. The number of fused-ring (bicyclic) bond motifs is 4. The van der Waals surface area contributed by atoms with E-state index in [0.29, 0.717) is 39.7 Å². The molecule has 1 aromatic heterocycles. The van der Waals surface area contributed by atoms with Crippen LogP contribution in [0.3, 0.4) is 0 Å². The van der Waals surface area contributed by atoms with Gasteiger partial charge in [-0.1, -0.05) is 12.1 Å². The van der Waals surface area contributed by atoms with Crippen LogP contribution in [-0.4, -0.2) is 34.1 Å². The molecule has 1 atom stereocenters. The summed E-state index contributed by atoms with van der Waals surface area (Å²) in [6.45, 7) is 0.0710. The normalized spacial score (nSPS) is 15.8. The summed E-state index contributed by atoms with van der Waals surface area (Å²) in [5.41, 5.74) is 2.33. The maximum absolute atomic E-state index is 13.8. The fourth-order valence-electron chi connectivity index (χ4n) is 4.88. The van der Waals surface area contributed by atoms with Gasteiger partial charge in [-0.2, -0.15) is 0 Å². The summed E-state index contributed by atoms with van der Waals surface area (Å²) in [4.78, 5) is 26.4. The Labute approximate surface area is 211 Å². The van der Waals surface area contributed by atoms with Crippen LogP contribution in [0.2, 0.25) is 0 Å². The summed E-state index contributed by atoms with van der Waals surface area (Å²) in [7, 11) is 4.56. The van der Waals surface area contributed by atoms with Crippen molar-refractivity contribution in [3.63, 3.8) is 0 Å². The third kappa shape index (κ3) is 3.62. The summed E-state index contributed by atoms with van der Waals surface area (Å²) in [5.74, 6) is 1.75. The van der Waals surface area contributed by atoms with Gasteiger partial charge in [0.15, 0.2) is 11.5 Å². The van der Waals surface area contributed by atoms with Crippen molar-refractivity contribution < 1.29 is 37.6 Å². The van der Waals surface area contributed by atoms with Crippen molar-refractivity contribution in [1.82, 2.24) is 0 Å². The number of carbonyl (C=O) groups is 1. The van der Waals surface area contributed by atoms with E-state index in [1.54, 1.807) is 49.6 Å². The highest BCUT2D eigenvalue weighted by Gasteiger charge is 2.35. The molecule has 3 heterocycles. The van der Waals surface area contributed by atoms with Crippen LogP contribution in [-0.2, 0) is 4.79 Å². The molecule has 9 nitrogen and oxygen atoms in total. The van der Waals surface area contributed by atoms with Crippen molar-refractivity contribution in [2.45, 2.75) is 12.3 Å². The number of esters is 1. The van der Waals surface area contributed by atoms with E-state index in [1.165, 1.54) is 20.5 Å². The first-order valence-electron chi connectivity index (χ1n) is 11.5. The lowest BCUT2D eigenvalue weighted by Gasteiger charge is -2.26. The molecule has 0 N–H and O–H groups in total. The molecule has 0 aliphatic carbocycles. The van der Waals surface area contributed by atoms with Gasteiger partial charge in [0.05, 0.1) is 33.3 Å². The van der Waals surface area contributed by atoms with Crippen molar-refractivity contribution in [2.75, 3.05) is 28.1 Å². The number of rotatable bonds is 5. The largest absolute Gasteiger partial charge is 0.497 e. The lowest BCUT2D eigenvalue weighted by atomic mass is 9.84.